The fourth-order valence-corrected chi connectivity index (χ4v) is 2.60. The lowest BCUT2D eigenvalue weighted by molar-refractivity contribution is 0.0701. The maximum atomic E-state index is 12.6. The molecule has 0 spiro atoms. The number of hydrogen-bond acceptors (Lipinski definition) is 6. The van der Waals surface area contributed by atoms with E-state index in [0.29, 0.717) is 24.5 Å². The van der Waals surface area contributed by atoms with E-state index in [9.17, 15) is 19.5 Å². The second-order valence-corrected chi connectivity index (χ2v) is 5.62. The summed E-state index contributed by atoms with van der Waals surface area (Å²) < 4.78 is 2.79. The molecule has 0 aliphatic carbocycles. The standard InChI is InChI=1S/C14H17N5O5/c1-17-6-9(12(22)15-14(17)24)13(23)18-2-3-19-8(5-18)4-10(16-19)11(21)7-20/h4,6,11,20-21H,2-3,5,7H2,1H3,(H,15,22,24)/t11-/m1/s1. The van der Waals surface area contributed by atoms with Crippen LogP contribution in [0.25, 0.3) is 0 Å². The van der Waals surface area contributed by atoms with Crippen molar-refractivity contribution in [2.24, 2.45) is 7.05 Å². The number of nitrogens with one attached hydrogen (secondary N) is 1. The highest BCUT2D eigenvalue weighted by molar-refractivity contribution is 5.93. The first-order valence-electron chi connectivity index (χ1n) is 7.35. The van der Waals surface area contributed by atoms with Gasteiger partial charge in [-0.15, -0.1) is 0 Å². The predicted octanol–water partition coefficient (Wildman–Crippen LogP) is -2.05. The Morgan fingerprint density at radius 2 is 2.17 bits per heavy atom. The van der Waals surface area contributed by atoms with E-state index in [1.165, 1.54) is 18.1 Å². The van der Waals surface area contributed by atoms with Crippen LogP contribution < -0.4 is 11.2 Å². The van der Waals surface area contributed by atoms with Crippen molar-refractivity contribution >= 4 is 5.91 Å². The Morgan fingerprint density at radius 1 is 1.42 bits per heavy atom. The third kappa shape index (κ3) is 2.76. The second-order valence-electron chi connectivity index (χ2n) is 5.62. The molecule has 128 valence electrons. The second kappa shape index (κ2) is 6.06. The molecular formula is C14H17N5O5. The average molecular weight is 335 g/mol. The lowest BCUT2D eigenvalue weighted by Crippen LogP contribution is -2.42. The van der Waals surface area contributed by atoms with Crippen LogP contribution in [0.2, 0.25) is 0 Å². The number of H-pyrrole nitrogens is 1. The topological polar surface area (TPSA) is 133 Å². The number of hydrogen-bond donors (Lipinski definition) is 3. The van der Waals surface area contributed by atoms with Crippen LogP contribution in [0, 0.1) is 0 Å². The van der Waals surface area contributed by atoms with E-state index in [-0.39, 0.29) is 12.1 Å². The molecule has 3 rings (SSSR count). The van der Waals surface area contributed by atoms with Crippen LogP contribution >= 0.6 is 0 Å². The zero-order valence-corrected chi connectivity index (χ0v) is 13.0. The largest absolute Gasteiger partial charge is 0.393 e. The van der Waals surface area contributed by atoms with Gasteiger partial charge in [-0.3, -0.25) is 19.3 Å². The Labute approximate surface area is 135 Å². The monoisotopic (exact) mass is 335 g/mol. The van der Waals surface area contributed by atoms with Crippen LogP contribution in [0.15, 0.2) is 21.9 Å². The molecule has 1 aliphatic rings. The number of aryl methyl sites for hydroxylation is 1. The van der Waals surface area contributed by atoms with E-state index >= 15 is 0 Å². The number of fused-ring (bicyclic) bond motifs is 1. The molecule has 0 radical (unpaired) electrons. The first kappa shape index (κ1) is 16.1. The highest BCUT2D eigenvalue weighted by atomic mass is 16.3. The lowest BCUT2D eigenvalue weighted by atomic mass is 10.2. The van der Waals surface area contributed by atoms with E-state index in [0.717, 1.165) is 4.57 Å². The SMILES string of the molecule is Cn1cc(C(=O)N2CCn3nc([C@H](O)CO)cc3C2)c(=O)[nH]c1=O. The summed E-state index contributed by atoms with van der Waals surface area (Å²) in [6.07, 6.45) is 0.148. The van der Waals surface area contributed by atoms with Crippen molar-refractivity contribution in [3.05, 3.63) is 50.1 Å². The number of aliphatic hydroxyl groups excluding tert-OH is 2. The molecule has 3 N–H and O–H groups in total. The molecule has 1 aliphatic heterocycles. The van der Waals surface area contributed by atoms with Crippen molar-refractivity contribution in [3.63, 3.8) is 0 Å². The Morgan fingerprint density at radius 3 is 2.88 bits per heavy atom. The minimum absolute atomic E-state index is 0.110. The van der Waals surface area contributed by atoms with Gasteiger partial charge in [0.15, 0.2) is 0 Å². The third-order valence-corrected chi connectivity index (χ3v) is 3.96. The quantitative estimate of drug-likeness (QED) is 0.591. The molecule has 1 amide bonds. The Balaban J connectivity index is 1.86. The summed E-state index contributed by atoms with van der Waals surface area (Å²) in [5.41, 5.74) is -0.393. The lowest BCUT2D eigenvalue weighted by Gasteiger charge is -2.27. The molecule has 1 atom stereocenters. The maximum absolute atomic E-state index is 12.6. The number of carbonyl (C=O) groups is 1. The smallest absolute Gasteiger partial charge is 0.328 e. The van der Waals surface area contributed by atoms with Gasteiger partial charge in [0, 0.05) is 19.8 Å². The summed E-state index contributed by atoms with van der Waals surface area (Å²) in [6, 6.07) is 1.62. The fraction of sp³-hybridized carbons (Fsp3) is 0.429. The van der Waals surface area contributed by atoms with E-state index in [4.69, 9.17) is 5.11 Å². The molecule has 2 aromatic heterocycles. The Hall–Kier alpha value is -2.72. The van der Waals surface area contributed by atoms with Gasteiger partial charge in [0.1, 0.15) is 11.7 Å². The van der Waals surface area contributed by atoms with E-state index in [1.54, 1.807) is 10.7 Å². The van der Waals surface area contributed by atoms with Crippen molar-refractivity contribution in [2.75, 3.05) is 13.2 Å². The third-order valence-electron chi connectivity index (χ3n) is 3.96. The molecule has 3 heterocycles. The van der Waals surface area contributed by atoms with Gasteiger partial charge in [0.25, 0.3) is 11.5 Å². The Kier molecular flexibility index (Phi) is 4.08. The summed E-state index contributed by atoms with van der Waals surface area (Å²) in [5, 5.41) is 22.8. The highest BCUT2D eigenvalue weighted by Gasteiger charge is 2.26. The molecule has 0 saturated heterocycles. The van der Waals surface area contributed by atoms with Crippen molar-refractivity contribution in [3.8, 4) is 0 Å². The number of carbonyl (C=O) groups excluding carboxylic acids is 1. The van der Waals surface area contributed by atoms with Crippen LogP contribution in [0.5, 0.6) is 0 Å². The summed E-state index contributed by atoms with van der Waals surface area (Å²) in [7, 11) is 1.45. The molecule has 0 fully saturated rings. The van der Waals surface area contributed by atoms with Crippen molar-refractivity contribution in [1.29, 1.82) is 0 Å². The number of aliphatic hydroxyl groups is 2. The molecular weight excluding hydrogens is 318 g/mol. The van der Waals surface area contributed by atoms with Gasteiger partial charge in [-0.2, -0.15) is 5.10 Å². The van der Waals surface area contributed by atoms with Gasteiger partial charge in [0.05, 0.1) is 31.1 Å². The first-order chi connectivity index (χ1) is 11.4. The molecule has 0 aromatic carbocycles. The number of rotatable bonds is 3. The predicted molar refractivity (Wildman–Crippen MR) is 81.3 cm³/mol. The molecule has 10 nitrogen and oxygen atoms in total. The van der Waals surface area contributed by atoms with Crippen molar-refractivity contribution < 1.29 is 15.0 Å². The van der Waals surface area contributed by atoms with Gasteiger partial charge in [-0.25, -0.2) is 4.79 Å². The van der Waals surface area contributed by atoms with Gasteiger partial charge >= 0.3 is 5.69 Å². The number of aromatic amines is 1. The maximum Gasteiger partial charge on any atom is 0.328 e. The highest BCUT2D eigenvalue weighted by Crippen LogP contribution is 2.18. The van der Waals surface area contributed by atoms with Crippen molar-refractivity contribution in [2.45, 2.75) is 19.2 Å². The minimum Gasteiger partial charge on any atom is -0.393 e. The zero-order valence-electron chi connectivity index (χ0n) is 13.0. The van der Waals surface area contributed by atoms with Crippen LogP contribution in [-0.2, 0) is 20.1 Å². The fourth-order valence-electron chi connectivity index (χ4n) is 2.60. The normalized spacial score (nSPS) is 15.2. The van der Waals surface area contributed by atoms with E-state index < -0.39 is 29.9 Å². The summed E-state index contributed by atoms with van der Waals surface area (Å²) in [6.45, 7) is 0.520. The number of aromatic nitrogens is 4. The van der Waals surface area contributed by atoms with Crippen molar-refractivity contribution in [1.82, 2.24) is 24.2 Å². The number of amides is 1. The van der Waals surface area contributed by atoms with Crippen LogP contribution in [-0.4, -0.2) is 53.5 Å². The van der Waals surface area contributed by atoms with Gasteiger partial charge < -0.3 is 19.7 Å². The molecule has 0 unspecified atom stereocenters. The first-order valence-corrected chi connectivity index (χ1v) is 7.35. The van der Waals surface area contributed by atoms with Crippen LogP contribution in [0.1, 0.15) is 27.8 Å². The summed E-state index contributed by atoms with van der Waals surface area (Å²) >= 11 is 0. The van der Waals surface area contributed by atoms with Gasteiger partial charge in [0.2, 0.25) is 0 Å². The van der Waals surface area contributed by atoms with Crippen LogP contribution in [0.4, 0.5) is 0 Å². The summed E-state index contributed by atoms with van der Waals surface area (Å²) in [5.74, 6) is -0.483. The molecule has 0 bridgehead atoms. The van der Waals surface area contributed by atoms with Gasteiger partial charge in [-0.05, 0) is 6.07 Å². The van der Waals surface area contributed by atoms with E-state index in [1.807, 2.05) is 0 Å². The molecule has 10 heteroatoms. The Bertz CT molecular complexity index is 896. The zero-order chi connectivity index (χ0) is 17.4. The van der Waals surface area contributed by atoms with Crippen LogP contribution in [0.3, 0.4) is 0 Å². The molecule has 0 saturated carbocycles. The molecule has 24 heavy (non-hydrogen) atoms. The number of nitrogens with zero attached hydrogens (tertiary/aromatic N) is 4. The van der Waals surface area contributed by atoms with Gasteiger partial charge in [-0.1, -0.05) is 0 Å². The molecule has 2 aromatic rings. The van der Waals surface area contributed by atoms with E-state index in [2.05, 4.69) is 10.1 Å². The average Bonchev–Trinajstić information content (AvgIpc) is 2.99. The summed E-state index contributed by atoms with van der Waals surface area (Å²) in [4.78, 5) is 39.4. The minimum atomic E-state index is -1.07.